The molecule has 0 saturated carbocycles. The van der Waals surface area contributed by atoms with Gasteiger partial charge in [-0.1, -0.05) is 24.3 Å². The zero-order chi connectivity index (χ0) is 20.4. The topological polar surface area (TPSA) is 107 Å². The summed E-state index contributed by atoms with van der Waals surface area (Å²) in [5.74, 6) is -0.610. The number of tetrazole rings is 1. The summed E-state index contributed by atoms with van der Waals surface area (Å²) in [5.41, 5.74) is 2.09. The lowest BCUT2D eigenvalue weighted by Gasteiger charge is -2.11. The fourth-order valence-electron chi connectivity index (χ4n) is 3.18. The van der Waals surface area contributed by atoms with Crippen molar-refractivity contribution in [2.24, 2.45) is 0 Å². The summed E-state index contributed by atoms with van der Waals surface area (Å²) in [6.45, 7) is 0.501. The van der Waals surface area contributed by atoms with Gasteiger partial charge in [-0.25, -0.2) is 4.79 Å². The number of carbonyl (C=O) groups is 3. The van der Waals surface area contributed by atoms with Crippen LogP contribution in [-0.4, -0.2) is 56.5 Å². The highest BCUT2D eigenvalue weighted by atomic mass is 16.5. The van der Waals surface area contributed by atoms with Crippen molar-refractivity contribution in [2.45, 2.75) is 13.0 Å². The molecule has 0 unspecified atom stereocenters. The van der Waals surface area contributed by atoms with Crippen LogP contribution in [0.25, 0.3) is 0 Å². The lowest BCUT2D eigenvalue weighted by molar-refractivity contribution is 0.0598. The van der Waals surface area contributed by atoms with E-state index in [4.69, 9.17) is 4.74 Å². The van der Waals surface area contributed by atoms with E-state index < -0.39 is 5.97 Å². The molecule has 2 heterocycles. The predicted molar refractivity (Wildman–Crippen MR) is 100 cm³/mol. The normalized spacial score (nSPS) is 12.9. The van der Waals surface area contributed by atoms with Crippen molar-refractivity contribution in [2.75, 3.05) is 13.7 Å². The van der Waals surface area contributed by atoms with Gasteiger partial charge in [0.05, 0.1) is 30.3 Å². The molecule has 4 rings (SSSR count). The van der Waals surface area contributed by atoms with E-state index in [-0.39, 0.29) is 18.4 Å². The summed E-state index contributed by atoms with van der Waals surface area (Å²) in [6.07, 6.45) is 0.299. The second-order valence-electron chi connectivity index (χ2n) is 6.49. The molecule has 0 aliphatic carbocycles. The molecule has 146 valence electrons. The molecule has 0 radical (unpaired) electrons. The first kappa shape index (κ1) is 18.5. The number of esters is 1. The van der Waals surface area contributed by atoms with Gasteiger partial charge in [-0.15, -0.1) is 10.2 Å². The number of fused-ring (bicyclic) bond motifs is 1. The largest absolute Gasteiger partial charge is 0.465 e. The van der Waals surface area contributed by atoms with Gasteiger partial charge in [0.2, 0.25) is 0 Å². The van der Waals surface area contributed by atoms with Crippen LogP contribution in [0.4, 0.5) is 0 Å². The third-order valence-electron chi connectivity index (χ3n) is 4.60. The van der Waals surface area contributed by atoms with Crippen LogP contribution in [0, 0.1) is 0 Å². The number of hydrogen-bond donors (Lipinski definition) is 0. The Labute approximate surface area is 165 Å². The number of ether oxygens (including phenoxy) is 1. The van der Waals surface area contributed by atoms with Gasteiger partial charge in [-0.05, 0) is 35.0 Å². The molecule has 0 fully saturated rings. The number of amides is 2. The minimum Gasteiger partial charge on any atom is -0.465 e. The van der Waals surface area contributed by atoms with Crippen molar-refractivity contribution in [1.29, 1.82) is 0 Å². The second kappa shape index (κ2) is 7.63. The van der Waals surface area contributed by atoms with E-state index in [1.165, 1.54) is 16.8 Å². The molecular formula is C20H17N5O4. The molecule has 9 heteroatoms. The summed E-state index contributed by atoms with van der Waals surface area (Å²) in [5, 5.41) is 12.3. The molecule has 1 aliphatic heterocycles. The van der Waals surface area contributed by atoms with Gasteiger partial charge < -0.3 is 4.74 Å². The monoisotopic (exact) mass is 391 g/mol. The number of aromatic nitrogens is 4. The summed E-state index contributed by atoms with van der Waals surface area (Å²) >= 11 is 0. The Bertz CT molecular complexity index is 1070. The maximum atomic E-state index is 12.4. The first-order valence-electron chi connectivity index (χ1n) is 8.96. The molecule has 0 saturated heterocycles. The Morgan fingerprint density at radius 1 is 1.03 bits per heavy atom. The summed E-state index contributed by atoms with van der Waals surface area (Å²) in [6, 6.07) is 13.7. The van der Waals surface area contributed by atoms with Gasteiger partial charge in [0, 0.05) is 13.0 Å². The highest BCUT2D eigenvalue weighted by Gasteiger charge is 2.34. The van der Waals surface area contributed by atoms with E-state index in [0.717, 1.165) is 5.56 Å². The minimum atomic E-state index is -0.417. The Hall–Kier alpha value is -3.88. The Kier molecular flexibility index (Phi) is 4.86. The van der Waals surface area contributed by atoms with E-state index in [2.05, 4.69) is 15.4 Å². The van der Waals surface area contributed by atoms with Gasteiger partial charge in [0.25, 0.3) is 11.8 Å². The second-order valence-corrected chi connectivity index (χ2v) is 6.49. The number of carbonyl (C=O) groups excluding carboxylic acids is 3. The maximum absolute atomic E-state index is 12.4. The van der Waals surface area contributed by atoms with Crippen molar-refractivity contribution >= 4 is 17.8 Å². The Morgan fingerprint density at radius 3 is 2.45 bits per heavy atom. The summed E-state index contributed by atoms with van der Waals surface area (Å²) < 4.78 is 4.72. The van der Waals surface area contributed by atoms with Crippen molar-refractivity contribution in [3.8, 4) is 0 Å². The van der Waals surface area contributed by atoms with Crippen molar-refractivity contribution in [1.82, 2.24) is 25.1 Å². The third kappa shape index (κ3) is 3.62. The predicted octanol–water partition coefficient (Wildman–Crippen LogP) is 1.35. The lowest BCUT2D eigenvalue weighted by Crippen LogP contribution is -2.32. The molecule has 9 nitrogen and oxygen atoms in total. The molecule has 0 N–H and O–H groups in total. The smallest absolute Gasteiger partial charge is 0.337 e. The number of nitrogens with zero attached hydrogens (tertiary/aromatic N) is 5. The molecule has 2 aromatic carbocycles. The summed E-state index contributed by atoms with van der Waals surface area (Å²) in [7, 11) is 1.33. The molecule has 0 spiro atoms. The number of rotatable bonds is 6. The number of hydrogen-bond acceptors (Lipinski definition) is 7. The molecule has 2 amide bonds. The molecule has 29 heavy (non-hydrogen) atoms. The average Bonchev–Trinajstić information content (AvgIpc) is 3.29. The van der Waals surface area contributed by atoms with Gasteiger partial charge >= 0.3 is 5.97 Å². The molecule has 1 aliphatic rings. The number of benzene rings is 2. The fourth-order valence-corrected chi connectivity index (χ4v) is 3.18. The zero-order valence-corrected chi connectivity index (χ0v) is 15.6. The molecule has 1 aromatic heterocycles. The Morgan fingerprint density at radius 2 is 1.76 bits per heavy atom. The fraction of sp³-hybridized carbons (Fsp3) is 0.200. The van der Waals surface area contributed by atoms with Crippen molar-refractivity contribution in [3.63, 3.8) is 0 Å². The molecule has 0 bridgehead atoms. The average molecular weight is 391 g/mol. The van der Waals surface area contributed by atoms with Crippen LogP contribution in [0.1, 0.15) is 42.5 Å². The zero-order valence-electron chi connectivity index (χ0n) is 15.6. The van der Waals surface area contributed by atoms with E-state index in [1.54, 1.807) is 42.5 Å². The number of imide groups is 1. The van der Waals surface area contributed by atoms with E-state index >= 15 is 0 Å². The van der Waals surface area contributed by atoms with Crippen molar-refractivity contribution < 1.29 is 19.1 Å². The van der Waals surface area contributed by atoms with Crippen LogP contribution in [0.2, 0.25) is 0 Å². The molecule has 3 aromatic rings. The lowest BCUT2D eigenvalue weighted by atomic mass is 10.1. The highest BCUT2D eigenvalue weighted by molar-refractivity contribution is 6.21. The SMILES string of the molecule is COC(=O)c1cccc(Cn2nnc(CCN3C(=O)c4ccccc4C3=O)n2)c1. The van der Waals surface area contributed by atoms with Crippen molar-refractivity contribution in [3.05, 3.63) is 76.6 Å². The van der Waals surface area contributed by atoms with Crippen LogP contribution in [-0.2, 0) is 17.7 Å². The van der Waals surface area contributed by atoms with E-state index in [1.807, 2.05) is 6.07 Å². The van der Waals surface area contributed by atoms with Gasteiger partial charge in [-0.2, -0.15) is 4.80 Å². The van der Waals surface area contributed by atoms with Gasteiger partial charge in [-0.3, -0.25) is 14.5 Å². The van der Waals surface area contributed by atoms with Crippen LogP contribution < -0.4 is 0 Å². The highest BCUT2D eigenvalue weighted by Crippen LogP contribution is 2.22. The summed E-state index contributed by atoms with van der Waals surface area (Å²) in [4.78, 5) is 39.0. The van der Waals surface area contributed by atoms with Crippen LogP contribution in [0.15, 0.2) is 48.5 Å². The first-order chi connectivity index (χ1) is 14.1. The first-order valence-corrected chi connectivity index (χ1v) is 8.96. The third-order valence-corrected chi connectivity index (χ3v) is 4.60. The van der Waals surface area contributed by atoms with Crippen LogP contribution in [0.3, 0.4) is 0 Å². The quantitative estimate of drug-likeness (QED) is 0.461. The maximum Gasteiger partial charge on any atom is 0.337 e. The van der Waals surface area contributed by atoms with E-state index in [0.29, 0.717) is 35.5 Å². The molecule has 0 atom stereocenters. The Balaban J connectivity index is 1.40. The number of methoxy groups -OCH3 is 1. The van der Waals surface area contributed by atoms with E-state index in [9.17, 15) is 14.4 Å². The van der Waals surface area contributed by atoms with Crippen LogP contribution >= 0.6 is 0 Å². The standard InChI is InChI=1S/C20H17N5O4/c1-29-20(28)14-6-4-5-13(11-14)12-25-22-17(21-23-25)9-10-24-18(26)15-7-2-3-8-16(15)19(24)27/h2-8,11H,9-10,12H2,1H3. The van der Waals surface area contributed by atoms with Gasteiger partial charge in [0.15, 0.2) is 5.82 Å². The molecular weight excluding hydrogens is 374 g/mol. The van der Waals surface area contributed by atoms with Crippen LogP contribution in [0.5, 0.6) is 0 Å². The van der Waals surface area contributed by atoms with Gasteiger partial charge in [0.1, 0.15) is 0 Å². The minimum absolute atomic E-state index is 0.176.